The first-order chi connectivity index (χ1) is 11.5. The summed E-state index contributed by atoms with van der Waals surface area (Å²) >= 11 is 11.8. The number of H-pyrrole nitrogens is 1. The van der Waals surface area contributed by atoms with Crippen molar-refractivity contribution in [1.29, 1.82) is 5.26 Å². The molecule has 0 bridgehead atoms. The molecule has 120 valence electrons. The van der Waals surface area contributed by atoms with Crippen LogP contribution in [-0.2, 0) is 11.3 Å². The van der Waals surface area contributed by atoms with E-state index in [4.69, 9.17) is 33.2 Å². The van der Waals surface area contributed by atoms with Crippen LogP contribution in [0.3, 0.4) is 0 Å². The predicted molar refractivity (Wildman–Crippen MR) is 86.1 cm³/mol. The van der Waals surface area contributed by atoms with E-state index < -0.39 is 11.5 Å². The number of hydrogen-bond acceptors (Lipinski definition) is 5. The predicted octanol–water partition coefficient (Wildman–Crippen LogP) is 2.56. The fraction of sp³-hybridized carbons (Fsp3) is 0.0667. The zero-order valence-electron chi connectivity index (χ0n) is 11.9. The highest BCUT2D eigenvalue weighted by Crippen LogP contribution is 2.26. The number of aromatic amines is 1. The molecule has 1 N–H and O–H groups in total. The van der Waals surface area contributed by atoms with Gasteiger partial charge in [0.25, 0.3) is 5.56 Å². The third-order valence-electron chi connectivity index (χ3n) is 3.19. The van der Waals surface area contributed by atoms with E-state index in [1.165, 1.54) is 18.3 Å². The Kier molecular flexibility index (Phi) is 4.25. The van der Waals surface area contributed by atoms with E-state index >= 15 is 0 Å². The van der Waals surface area contributed by atoms with Gasteiger partial charge in [-0.3, -0.25) is 9.89 Å². The van der Waals surface area contributed by atoms with Gasteiger partial charge < -0.3 is 4.74 Å². The molecule has 2 heterocycles. The van der Waals surface area contributed by atoms with E-state index in [0.29, 0.717) is 0 Å². The van der Waals surface area contributed by atoms with Crippen molar-refractivity contribution in [3.05, 3.63) is 67.7 Å². The number of ether oxygens (including phenoxy) is 1. The van der Waals surface area contributed by atoms with Crippen molar-refractivity contribution in [2.24, 2.45) is 0 Å². The Hall–Kier alpha value is -2.82. The standard InChI is InChI=1S/C15H8Cl2N4O3/c16-11-3-1-2-10(13(11)17)15(23)24-7-9-4-12(22)21-14(20-9)8(5-18)6-19-21/h1-4,6,19H,7H2. The quantitative estimate of drug-likeness (QED) is 0.721. The molecular weight excluding hydrogens is 355 g/mol. The van der Waals surface area contributed by atoms with Gasteiger partial charge in [0.05, 0.1) is 21.3 Å². The Morgan fingerprint density at radius 2 is 2.21 bits per heavy atom. The van der Waals surface area contributed by atoms with Crippen molar-refractivity contribution in [3.63, 3.8) is 0 Å². The van der Waals surface area contributed by atoms with Crippen molar-refractivity contribution in [2.75, 3.05) is 0 Å². The van der Waals surface area contributed by atoms with Gasteiger partial charge in [0, 0.05) is 12.3 Å². The summed E-state index contributed by atoms with van der Waals surface area (Å²) in [5, 5.41) is 11.9. The van der Waals surface area contributed by atoms with E-state index in [1.54, 1.807) is 12.1 Å². The number of nitrogens with zero attached hydrogens (tertiary/aromatic N) is 3. The molecule has 0 radical (unpaired) electrons. The van der Waals surface area contributed by atoms with Crippen molar-refractivity contribution < 1.29 is 9.53 Å². The highest BCUT2D eigenvalue weighted by atomic mass is 35.5. The van der Waals surface area contributed by atoms with Crippen LogP contribution in [0.1, 0.15) is 21.6 Å². The average molecular weight is 363 g/mol. The minimum Gasteiger partial charge on any atom is -0.456 e. The van der Waals surface area contributed by atoms with Gasteiger partial charge in [-0.1, -0.05) is 29.3 Å². The number of fused-ring (bicyclic) bond motifs is 1. The van der Waals surface area contributed by atoms with E-state index in [2.05, 4.69) is 10.1 Å². The zero-order valence-corrected chi connectivity index (χ0v) is 13.4. The van der Waals surface area contributed by atoms with Gasteiger partial charge in [0.15, 0.2) is 5.65 Å². The minimum atomic E-state index is -0.695. The molecule has 3 aromatic rings. The molecule has 9 heteroatoms. The third-order valence-corrected chi connectivity index (χ3v) is 4.01. The molecule has 1 aromatic carbocycles. The van der Waals surface area contributed by atoms with E-state index in [-0.39, 0.29) is 39.1 Å². The number of nitriles is 1. The minimum absolute atomic E-state index is 0.0880. The number of halogens is 2. The van der Waals surface area contributed by atoms with Gasteiger partial charge in [-0.2, -0.15) is 5.26 Å². The van der Waals surface area contributed by atoms with Gasteiger partial charge in [-0.15, -0.1) is 0 Å². The molecule has 0 aliphatic heterocycles. The Balaban J connectivity index is 1.86. The lowest BCUT2D eigenvalue weighted by molar-refractivity contribution is 0.0468. The first-order valence-electron chi connectivity index (χ1n) is 6.62. The molecule has 0 spiro atoms. The number of esters is 1. The molecule has 0 saturated heterocycles. The summed E-state index contributed by atoms with van der Waals surface area (Å²) in [6.45, 7) is -0.247. The largest absolute Gasteiger partial charge is 0.456 e. The maximum absolute atomic E-state index is 12.1. The van der Waals surface area contributed by atoms with Gasteiger partial charge in [-0.25, -0.2) is 14.3 Å². The Morgan fingerprint density at radius 3 is 2.96 bits per heavy atom. The van der Waals surface area contributed by atoms with Crippen LogP contribution in [0, 0.1) is 11.3 Å². The Labute approximate surface area is 145 Å². The average Bonchev–Trinajstić information content (AvgIpc) is 2.98. The third kappa shape index (κ3) is 2.85. The SMILES string of the molecule is N#Cc1c[nH]n2c(=O)cc(COC(=O)c3cccc(Cl)c3Cl)nc12. The molecule has 0 aliphatic rings. The number of carbonyl (C=O) groups is 1. The van der Waals surface area contributed by atoms with Crippen molar-refractivity contribution in [1.82, 2.24) is 14.6 Å². The van der Waals surface area contributed by atoms with Gasteiger partial charge in [0.1, 0.15) is 18.2 Å². The van der Waals surface area contributed by atoms with Gasteiger partial charge in [0.2, 0.25) is 0 Å². The second-order valence-corrected chi connectivity index (χ2v) is 5.51. The summed E-state index contributed by atoms with van der Waals surface area (Å²) in [5.41, 5.74) is 0.271. The number of hydrogen-bond donors (Lipinski definition) is 1. The molecule has 7 nitrogen and oxygen atoms in total. The highest BCUT2D eigenvalue weighted by Gasteiger charge is 2.15. The Bertz CT molecular complexity index is 1050. The lowest BCUT2D eigenvalue weighted by Crippen LogP contribution is -2.17. The summed E-state index contributed by atoms with van der Waals surface area (Å²) in [7, 11) is 0. The Morgan fingerprint density at radius 1 is 1.42 bits per heavy atom. The second-order valence-electron chi connectivity index (χ2n) is 4.72. The molecule has 0 fully saturated rings. The molecular formula is C15H8Cl2N4O3. The lowest BCUT2D eigenvalue weighted by atomic mass is 10.2. The highest BCUT2D eigenvalue weighted by molar-refractivity contribution is 6.43. The zero-order chi connectivity index (χ0) is 17.3. The number of carbonyl (C=O) groups excluding carboxylic acids is 1. The summed E-state index contributed by atoms with van der Waals surface area (Å²) in [6.07, 6.45) is 1.37. The normalized spacial score (nSPS) is 10.5. The van der Waals surface area contributed by atoms with E-state index in [9.17, 15) is 9.59 Å². The van der Waals surface area contributed by atoms with E-state index in [1.807, 2.05) is 6.07 Å². The monoisotopic (exact) mass is 362 g/mol. The summed E-state index contributed by atoms with van der Waals surface area (Å²) in [6, 6.07) is 7.71. The fourth-order valence-corrected chi connectivity index (χ4v) is 2.44. The number of aromatic nitrogens is 3. The maximum atomic E-state index is 12.1. The summed E-state index contributed by atoms with van der Waals surface area (Å²) in [4.78, 5) is 28.2. The van der Waals surface area contributed by atoms with Crippen LogP contribution in [0.5, 0.6) is 0 Å². The molecule has 2 aromatic heterocycles. The van der Waals surface area contributed by atoms with Gasteiger partial charge >= 0.3 is 5.97 Å². The maximum Gasteiger partial charge on any atom is 0.340 e. The van der Waals surface area contributed by atoms with Crippen LogP contribution in [0.2, 0.25) is 10.0 Å². The second kappa shape index (κ2) is 6.35. The smallest absolute Gasteiger partial charge is 0.340 e. The number of benzene rings is 1. The summed E-state index contributed by atoms with van der Waals surface area (Å²) < 4.78 is 6.24. The number of nitrogens with one attached hydrogen (secondary N) is 1. The molecule has 24 heavy (non-hydrogen) atoms. The van der Waals surface area contributed by atoms with Crippen molar-refractivity contribution in [3.8, 4) is 6.07 Å². The van der Waals surface area contributed by atoms with Crippen LogP contribution >= 0.6 is 23.2 Å². The van der Waals surface area contributed by atoms with Crippen LogP contribution < -0.4 is 5.56 Å². The van der Waals surface area contributed by atoms with Crippen LogP contribution in [0.25, 0.3) is 5.65 Å². The molecule has 0 amide bonds. The van der Waals surface area contributed by atoms with Crippen LogP contribution in [0.15, 0.2) is 35.3 Å². The first kappa shape index (κ1) is 16.1. The first-order valence-corrected chi connectivity index (χ1v) is 7.38. The van der Waals surface area contributed by atoms with E-state index in [0.717, 1.165) is 4.52 Å². The van der Waals surface area contributed by atoms with Crippen LogP contribution in [-0.4, -0.2) is 20.6 Å². The lowest BCUT2D eigenvalue weighted by Gasteiger charge is -2.07. The van der Waals surface area contributed by atoms with Crippen molar-refractivity contribution in [2.45, 2.75) is 6.61 Å². The molecule has 0 saturated carbocycles. The fourth-order valence-electron chi connectivity index (χ4n) is 2.06. The van der Waals surface area contributed by atoms with Crippen molar-refractivity contribution >= 4 is 34.8 Å². The topological polar surface area (TPSA) is 100 Å². The van der Waals surface area contributed by atoms with Crippen LogP contribution in [0.4, 0.5) is 0 Å². The number of rotatable bonds is 3. The molecule has 0 aliphatic carbocycles. The van der Waals surface area contributed by atoms with Gasteiger partial charge in [-0.05, 0) is 12.1 Å². The molecule has 0 unspecified atom stereocenters. The molecule has 0 atom stereocenters. The molecule has 3 rings (SSSR count). The summed E-state index contributed by atoms with van der Waals surface area (Å²) in [5.74, 6) is -0.695.